The van der Waals surface area contributed by atoms with E-state index in [2.05, 4.69) is 10.2 Å². The van der Waals surface area contributed by atoms with Gasteiger partial charge in [-0.2, -0.15) is 0 Å². The van der Waals surface area contributed by atoms with Crippen molar-refractivity contribution >= 4 is 11.6 Å². The van der Waals surface area contributed by atoms with Crippen molar-refractivity contribution in [2.24, 2.45) is 11.7 Å². The van der Waals surface area contributed by atoms with Gasteiger partial charge in [0, 0.05) is 44.4 Å². The van der Waals surface area contributed by atoms with Crippen molar-refractivity contribution in [3.63, 3.8) is 0 Å². The van der Waals surface area contributed by atoms with Crippen LogP contribution < -0.4 is 20.7 Å². The minimum absolute atomic E-state index is 0.128. The summed E-state index contributed by atoms with van der Waals surface area (Å²) in [7, 11) is 3.36. The van der Waals surface area contributed by atoms with Gasteiger partial charge in [0.1, 0.15) is 5.75 Å². The van der Waals surface area contributed by atoms with E-state index < -0.39 is 0 Å². The molecular weight excluding hydrogens is 254 g/mol. The molecule has 0 radical (unpaired) electrons. The SMILES string of the molecule is CNC(=O)C1CCN(c2cc(OC)ccc2CN)CC1. The molecule has 0 bridgehead atoms. The van der Waals surface area contributed by atoms with E-state index >= 15 is 0 Å². The minimum Gasteiger partial charge on any atom is -0.497 e. The number of carbonyl (C=O) groups excluding carboxylic acids is 1. The van der Waals surface area contributed by atoms with Crippen LogP contribution >= 0.6 is 0 Å². The molecule has 5 nitrogen and oxygen atoms in total. The van der Waals surface area contributed by atoms with Crippen molar-refractivity contribution in [2.75, 3.05) is 32.1 Å². The van der Waals surface area contributed by atoms with Crippen LogP contribution in [-0.2, 0) is 11.3 Å². The van der Waals surface area contributed by atoms with Crippen molar-refractivity contribution in [1.29, 1.82) is 0 Å². The van der Waals surface area contributed by atoms with E-state index in [9.17, 15) is 4.79 Å². The summed E-state index contributed by atoms with van der Waals surface area (Å²) in [5, 5.41) is 2.73. The predicted octanol–water partition coefficient (Wildman–Crippen LogP) is 1.12. The fourth-order valence-electron chi connectivity index (χ4n) is 2.72. The Morgan fingerprint density at radius 3 is 2.70 bits per heavy atom. The lowest BCUT2D eigenvalue weighted by atomic mass is 9.95. The Hall–Kier alpha value is -1.75. The van der Waals surface area contributed by atoms with Gasteiger partial charge in [-0.3, -0.25) is 4.79 Å². The van der Waals surface area contributed by atoms with Crippen LogP contribution in [0.3, 0.4) is 0 Å². The van der Waals surface area contributed by atoms with Gasteiger partial charge in [0.25, 0.3) is 0 Å². The lowest BCUT2D eigenvalue weighted by Gasteiger charge is -2.34. The van der Waals surface area contributed by atoms with Crippen molar-refractivity contribution < 1.29 is 9.53 Å². The third-order valence-corrected chi connectivity index (χ3v) is 3.97. The highest BCUT2D eigenvalue weighted by molar-refractivity contribution is 5.78. The molecule has 110 valence electrons. The predicted molar refractivity (Wildman–Crippen MR) is 79.9 cm³/mol. The number of hydrogen-bond acceptors (Lipinski definition) is 4. The Labute approximate surface area is 120 Å². The molecule has 0 spiro atoms. The Morgan fingerprint density at radius 1 is 1.45 bits per heavy atom. The van der Waals surface area contributed by atoms with Gasteiger partial charge < -0.3 is 20.7 Å². The van der Waals surface area contributed by atoms with E-state index in [0.29, 0.717) is 6.54 Å². The van der Waals surface area contributed by atoms with Gasteiger partial charge in [-0.15, -0.1) is 0 Å². The molecule has 1 fully saturated rings. The molecule has 0 atom stereocenters. The number of amides is 1. The second-order valence-corrected chi connectivity index (χ2v) is 5.07. The summed E-state index contributed by atoms with van der Waals surface area (Å²) in [4.78, 5) is 14.0. The smallest absolute Gasteiger partial charge is 0.222 e. The molecule has 0 aromatic heterocycles. The number of nitrogens with zero attached hydrogens (tertiary/aromatic N) is 1. The maximum absolute atomic E-state index is 11.7. The summed E-state index contributed by atoms with van der Waals surface area (Å²) in [6.07, 6.45) is 1.75. The van der Waals surface area contributed by atoms with Crippen LogP contribution in [0, 0.1) is 5.92 Å². The average molecular weight is 277 g/mol. The molecule has 0 saturated carbocycles. The van der Waals surface area contributed by atoms with Gasteiger partial charge >= 0.3 is 0 Å². The number of benzene rings is 1. The van der Waals surface area contributed by atoms with Gasteiger partial charge in [-0.25, -0.2) is 0 Å². The van der Waals surface area contributed by atoms with Crippen molar-refractivity contribution in [1.82, 2.24) is 5.32 Å². The topological polar surface area (TPSA) is 67.6 Å². The first kappa shape index (κ1) is 14.7. The lowest BCUT2D eigenvalue weighted by Crippen LogP contribution is -2.40. The van der Waals surface area contributed by atoms with Gasteiger partial charge in [-0.05, 0) is 24.5 Å². The standard InChI is InChI=1S/C15H23N3O2/c1-17-15(19)11-5-7-18(8-6-11)14-9-13(20-2)4-3-12(14)10-16/h3-4,9,11H,5-8,10,16H2,1-2H3,(H,17,19). The van der Waals surface area contributed by atoms with E-state index in [1.165, 1.54) is 0 Å². The number of nitrogens with one attached hydrogen (secondary N) is 1. The molecule has 1 saturated heterocycles. The molecule has 3 N–H and O–H groups in total. The first-order chi connectivity index (χ1) is 9.69. The second-order valence-electron chi connectivity index (χ2n) is 5.07. The number of hydrogen-bond donors (Lipinski definition) is 2. The maximum atomic E-state index is 11.7. The number of ether oxygens (including phenoxy) is 1. The highest BCUT2D eigenvalue weighted by Crippen LogP contribution is 2.29. The highest BCUT2D eigenvalue weighted by atomic mass is 16.5. The first-order valence-electron chi connectivity index (χ1n) is 7.03. The van der Waals surface area contributed by atoms with E-state index in [1.807, 2.05) is 18.2 Å². The third kappa shape index (κ3) is 3.04. The summed E-state index contributed by atoms with van der Waals surface area (Å²) in [6, 6.07) is 5.98. The second kappa shape index (κ2) is 6.61. The van der Waals surface area contributed by atoms with Crippen molar-refractivity contribution in [3.05, 3.63) is 23.8 Å². The summed E-state index contributed by atoms with van der Waals surface area (Å²) in [5.74, 6) is 1.11. The summed E-state index contributed by atoms with van der Waals surface area (Å²) >= 11 is 0. The van der Waals surface area contributed by atoms with Crippen LogP contribution in [0.5, 0.6) is 5.75 Å². The Morgan fingerprint density at radius 2 is 2.15 bits per heavy atom. The molecule has 2 rings (SSSR count). The molecule has 1 aromatic carbocycles. The molecule has 1 aliphatic heterocycles. The van der Waals surface area contributed by atoms with Crippen LogP contribution in [0.4, 0.5) is 5.69 Å². The molecule has 1 heterocycles. The summed E-state index contributed by atoms with van der Waals surface area (Å²) in [6.45, 7) is 2.26. The van der Waals surface area contributed by atoms with Gasteiger partial charge in [-0.1, -0.05) is 6.07 Å². The molecule has 1 aromatic rings. The molecule has 1 aliphatic rings. The van der Waals surface area contributed by atoms with Crippen LogP contribution in [0.15, 0.2) is 18.2 Å². The largest absolute Gasteiger partial charge is 0.497 e. The maximum Gasteiger partial charge on any atom is 0.222 e. The van der Waals surface area contributed by atoms with Crippen molar-refractivity contribution in [2.45, 2.75) is 19.4 Å². The zero-order valence-corrected chi connectivity index (χ0v) is 12.2. The highest BCUT2D eigenvalue weighted by Gasteiger charge is 2.25. The normalized spacial score (nSPS) is 16.1. The van der Waals surface area contributed by atoms with Crippen LogP contribution in [0.2, 0.25) is 0 Å². The lowest BCUT2D eigenvalue weighted by molar-refractivity contribution is -0.125. The Balaban J connectivity index is 2.11. The molecular formula is C15H23N3O2. The molecule has 0 aliphatic carbocycles. The van der Waals surface area contributed by atoms with Crippen LogP contribution in [-0.4, -0.2) is 33.2 Å². The number of piperidine rings is 1. The van der Waals surface area contributed by atoms with E-state index in [1.54, 1.807) is 14.2 Å². The van der Waals surface area contributed by atoms with Crippen LogP contribution in [0.1, 0.15) is 18.4 Å². The quantitative estimate of drug-likeness (QED) is 0.865. The molecule has 20 heavy (non-hydrogen) atoms. The van der Waals surface area contributed by atoms with Crippen molar-refractivity contribution in [3.8, 4) is 5.75 Å². The Kier molecular flexibility index (Phi) is 4.84. The van der Waals surface area contributed by atoms with Crippen LogP contribution in [0.25, 0.3) is 0 Å². The van der Waals surface area contributed by atoms with Gasteiger partial charge in [0.15, 0.2) is 0 Å². The molecule has 0 unspecified atom stereocenters. The van der Waals surface area contributed by atoms with E-state index in [0.717, 1.165) is 42.9 Å². The number of rotatable bonds is 4. The number of carbonyl (C=O) groups is 1. The number of methoxy groups -OCH3 is 1. The monoisotopic (exact) mass is 277 g/mol. The number of nitrogens with two attached hydrogens (primary N) is 1. The summed E-state index contributed by atoms with van der Waals surface area (Å²) < 4.78 is 5.29. The molecule has 1 amide bonds. The average Bonchev–Trinajstić information content (AvgIpc) is 2.53. The van der Waals surface area contributed by atoms with E-state index in [4.69, 9.17) is 10.5 Å². The summed E-state index contributed by atoms with van der Waals surface area (Å²) in [5.41, 5.74) is 8.06. The third-order valence-electron chi connectivity index (χ3n) is 3.97. The van der Waals surface area contributed by atoms with Gasteiger partial charge in [0.05, 0.1) is 7.11 Å². The fourth-order valence-corrected chi connectivity index (χ4v) is 2.72. The molecule has 5 heteroatoms. The number of anilines is 1. The fraction of sp³-hybridized carbons (Fsp3) is 0.533. The first-order valence-corrected chi connectivity index (χ1v) is 7.03. The zero-order valence-electron chi connectivity index (χ0n) is 12.2. The van der Waals surface area contributed by atoms with Gasteiger partial charge in [0.2, 0.25) is 5.91 Å². The van der Waals surface area contributed by atoms with E-state index in [-0.39, 0.29) is 11.8 Å². The Bertz CT molecular complexity index is 468. The zero-order chi connectivity index (χ0) is 14.5. The minimum atomic E-state index is 0.128.